The highest BCUT2D eigenvalue weighted by atomic mass is 16.2. The summed E-state index contributed by atoms with van der Waals surface area (Å²) in [5, 5.41) is 6.39. The molecule has 0 spiro atoms. The number of piperidine rings is 1. The average molecular weight is 302 g/mol. The zero-order chi connectivity index (χ0) is 15.5. The normalized spacial score (nSPS) is 25.2. The molecule has 1 aliphatic carbocycles. The molecule has 5 nitrogen and oxygen atoms in total. The van der Waals surface area contributed by atoms with Crippen LogP contribution in [0, 0.1) is 17.8 Å². The number of hydrogen-bond donors (Lipinski definition) is 2. The number of pyridine rings is 1. The molecule has 2 aliphatic rings. The number of anilines is 1. The van der Waals surface area contributed by atoms with E-state index in [1.165, 1.54) is 18.4 Å². The zero-order valence-electron chi connectivity index (χ0n) is 13.5. The second kappa shape index (κ2) is 6.75. The van der Waals surface area contributed by atoms with Gasteiger partial charge in [-0.2, -0.15) is 0 Å². The molecule has 2 atom stereocenters. The molecule has 0 radical (unpaired) electrons. The van der Waals surface area contributed by atoms with Crippen molar-refractivity contribution < 1.29 is 4.79 Å². The Kier molecular flexibility index (Phi) is 4.74. The summed E-state index contributed by atoms with van der Waals surface area (Å²) in [6, 6.07) is 3.96. The lowest BCUT2D eigenvalue weighted by Gasteiger charge is -2.22. The Morgan fingerprint density at radius 3 is 2.91 bits per heavy atom. The Morgan fingerprint density at radius 2 is 2.18 bits per heavy atom. The molecular formula is C17H26N4O. The number of nitrogens with zero attached hydrogens (tertiary/aromatic N) is 2. The summed E-state index contributed by atoms with van der Waals surface area (Å²) < 4.78 is 0. The van der Waals surface area contributed by atoms with Gasteiger partial charge in [0.2, 0.25) is 5.91 Å². The lowest BCUT2D eigenvalue weighted by Crippen LogP contribution is -2.29. The van der Waals surface area contributed by atoms with Crippen molar-refractivity contribution in [1.29, 1.82) is 0 Å². The first-order chi connectivity index (χ1) is 10.6. The van der Waals surface area contributed by atoms with E-state index in [1.807, 2.05) is 26.2 Å². The Morgan fingerprint density at radius 1 is 1.41 bits per heavy atom. The highest BCUT2D eigenvalue weighted by Crippen LogP contribution is 2.47. The van der Waals surface area contributed by atoms with Crippen molar-refractivity contribution in [3.05, 3.63) is 23.9 Å². The predicted octanol–water partition coefficient (Wildman–Crippen LogP) is 1.72. The first-order valence-electron chi connectivity index (χ1n) is 8.24. The Labute approximate surface area is 132 Å². The van der Waals surface area contributed by atoms with Crippen molar-refractivity contribution >= 4 is 11.7 Å². The average Bonchev–Trinajstić information content (AvgIpc) is 3.28. The minimum Gasteiger partial charge on any atom is -0.317 e. The topological polar surface area (TPSA) is 57.3 Å². The number of amides is 1. The molecule has 1 aromatic heterocycles. The second-order valence-electron chi connectivity index (χ2n) is 6.87. The van der Waals surface area contributed by atoms with E-state index >= 15 is 0 Å². The molecule has 5 heteroatoms. The van der Waals surface area contributed by atoms with Crippen LogP contribution in [0.4, 0.5) is 5.82 Å². The summed E-state index contributed by atoms with van der Waals surface area (Å²) in [7, 11) is 4.07. The van der Waals surface area contributed by atoms with Crippen LogP contribution in [0.5, 0.6) is 0 Å². The number of carbonyl (C=O) groups excluding carboxylic acids is 1. The Hall–Kier alpha value is -1.46. The molecule has 2 heterocycles. The van der Waals surface area contributed by atoms with Gasteiger partial charge in [-0.3, -0.25) is 4.79 Å². The lowest BCUT2D eigenvalue weighted by atomic mass is 9.92. The molecule has 0 bridgehead atoms. The number of nitrogens with one attached hydrogen (secondary N) is 2. The van der Waals surface area contributed by atoms with Crippen molar-refractivity contribution in [3.63, 3.8) is 0 Å². The lowest BCUT2D eigenvalue weighted by molar-refractivity contribution is -0.117. The van der Waals surface area contributed by atoms with Gasteiger partial charge in [-0.05, 0) is 76.0 Å². The Balaban J connectivity index is 1.54. The van der Waals surface area contributed by atoms with Crippen LogP contribution in [0.2, 0.25) is 0 Å². The van der Waals surface area contributed by atoms with Crippen molar-refractivity contribution in [2.45, 2.75) is 25.8 Å². The molecular weight excluding hydrogens is 276 g/mol. The van der Waals surface area contributed by atoms with Crippen molar-refractivity contribution in [1.82, 2.24) is 15.2 Å². The van der Waals surface area contributed by atoms with Crippen LogP contribution in [0.15, 0.2) is 18.3 Å². The van der Waals surface area contributed by atoms with Gasteiger partial charge in [0, 0.05) is 18.7 Å². The van der Waals surface area contributed by atoms with E-state index < -0.39 is 0 Å². The van der Waals surface area contributed by atoms with Gasteiger partial charge < -0.3 is 15.5 Å². The van der Waals surface area contributed by atoms with Crippen LogP contribution in [-0.4, -0.2) is 43.0 Å². The Bertz CT molecular complexity index is 525. The minimum atomic E-state index is 0.151. The van der Waals surface area contributed by atoms with Crippen LogP contribution in [-0.2, 0) is 11.3 Å². The van der Waals surface area contributed by atoms with E-state index in [4.69, 9.17) is 0 Å². The van der Waals surface area contributed by atoms with Crippen molar-refractivity contribution in [2.75, 3.05) is 32.5 Å². The van der Waals surface area contributed by atoms with Crippen LogP contribution in [0.1, 0.15) is 24.8 Å². The first-order valence-corrected chi connectivity index (χ1v) is 8.24. The first kappa shape index (κ1) is 15.4. The molecule has 0 aromatic carbocycles. The molecule has 3 rings (SSSR count). The number of carbonyl (C=O) groups is 1. The fourth-order valence-electron chi connectivity index (χ4n) is 3.53. The highest BCUT2D eigenvalue weighted by Gasteiger charge is 2.47. The highest BCUT2D eigenvalue weighted by molar-refractivity contribution is 5.93. The van der Waals surface area contributed by atoms with Gasteiger partial charge in [0.15, 0.2) is 0 Å². The smallest absolute Gasteiger partial charge is 0.228 e. The van der Waals surface area contributed by atoms with E-state index in [0.29, 0.717) is 11.7 Å². The van der Waals surface area contributed by atoms with Gasteiger partial charge in [-0.15, -0.1) is 0 Å². The van der Waals surface area contributed by atoms with E-state index in [0.717, 1.165) is 32.0 Å². The molecule has 1 saturated heterocycles. The van der Waals surface area contributed by atoms with E-state index in [1.54, 1.807) is 6.20 Å². The van der Waals surface area contributed by atoms with Crippen LogP contribution < -0.4 is 10.6 Å². The number of hydrogen-bond acceptors (Lipinski definition) is 4. The molecule has 22 heavy (non-hydrogen) atoms. The molecule has 1 amide bonds. The van der Waals surface area contributed by atoms with Crippen LogP contribution >= 0.6 is 0 Å². The third-order valence-corrected chi connectivity index (χ3v) is 4.74. The van der Waals surface area contributed by atoms with E-state index in [2.05, 4.69) is 20.5 Å². The summed E-state index contributed by atoms with van der Waals surface area (Å²) in [5.41, 5.74) is 1.17. The van der Waals surface area contributed by atoms with Gasteiger partial charge in [-0.25, -0.2) is 4.98 Å². The van der Waals surface area contributed by atoms with E-state index in [9.17, 15) is 4.79 Å². The third kappa shape index (κ3) is 3.84. The van der Waals surface area contributed by atoms with Crippen molar-refractivity contribution in [2.24, 2.45) is 17.8 Å². The fourth-order valence-corrected chi connectivity index (χ4v) is 3.53. The summed E-state index contributed by atoms with van der Waals surface area (Å²) in [6.07, 6.45) is 5.25. The number of aromatic nitrogens is 1. The van der Waals surface area contributed by atoms with Crippen LogP contribution in [0.3, 0.4) is 0 Å². The predicted molar refractivity (Wildman–Crippen MR) is 87.4 cm³/mol. The second-order valence-corrected chi connectivity index (χ2v) is 6.87. The molecule has 120 valence electrons. The molecule has 1 saturated carbocycles. The number of rotatable bonds is 5. The van der Waals surface area contributed by atoms with Crippen molar-refractivity contribution in [3.8, 4) is 0 Å². The molecule has 0 unspecified atom stereocenters. The zero-order valence-corrected chi connectivity index (χ0v) is 13.5. The van der Waals surface area contributed by atoms with Gasteiger partial charge in [0.05, 0.1) is 0 Å². The minimum absolute atomic E-state index is 0.151. The maximum atomic E-state index is 12.4. The summed E-state index contributed by atoms with van der Waals surface area (Å²) in [5.74, 6) is 2.35. The van der Waals surface area contributed by atoms with Gasteiger partial charge in [-0.1, -0.05) is 0 Å². The fraction of sp³-hybridized carbons (Fsp3) is 0.647. The SMILES string of the molecule is CN(C)Cc1ccnc(NC(=O)[C@@H]2C[C@H]2C2CCNCC2)c1. The summed E-state index contributed by atoms with van der Waals surface area (Å²) in [4.78, 5) is 18.8. The summed E-state index contributed by atoms with van der Waals surface area (Å²) in [6.45, 7) is 3.06. The monoisotopic (exact) mass is 302 g/mol. The largest absolute Gasteiger partial charge is 0.317 e. The quantitative estimate of drug-likeness (QED) is 0.869. The van der Waals surface area contributed by atoms with Gasteiger partial charge in [0.25, 0.3) is 0 Å². The molecule has 2 N–H and O–H groups in total. The molecule has 2 fully saturated rings. The van der Waals surface area contributed by atoms with Crippen LogP contribution in [0.25, 0.3) is 0 Å². The van der Waals surface area contributed by atoms with Gasteiger partial charge in [0.1, 0.15) is 5.82 Å². The standard InChI is InChI=1S/C17H26N4O/c1-21(2)11-12-3-8-19-16(9-12)20-17(22)15-10-14(15)13-4-6-18-7-5-13/h3,8-9,13-15,18H,4-7,10-11H2,1-2H3,(H,19,20,22)/t14-,15+/m0/s1. The maximum Gasteiger partial charge on any atom is 0.228 e. The van der Waals surface area contributed by atoms with E-state index in [-0.39, 0.29) is 11.8 Å². The summed E-state index contributed by atoms with van der Waals surface area (Å²) >= 11 is 0. The maximum absolute atomic E-state index is 12.4. The molecule has 1 aromatic rings. The van der Waals surface area contributed by atoms with Gasteiger partial charge >= 0.3 is 0 Å². The molecule has 1 aliphatic heterocycles. The third-order valence-electron chi connectivity index (χ3n) is 4.74.